The van der Waals surface area contributed by atoms with E-state index in [4.69, 9.17) is 57.2 Å². The number of ether oxygens (including phenoxy) is 11. The standard InChI is InChI=1S/C53H85N3O22/c1-8-35-24-36(37(62)15-12-17-54-42(64)16-19-68-21-22-69-20-18-55-50(66)44(65)38(63)26-57)25-39(46(35)78-53-49(73-33(7)61)45(72-32(6)60)28(2)29(3)71-53)75-52-43(56-30(4)58)48-47(41(76-52)27-70-31(5)59)77-51(67)40(74-48)23-34-13-10-9-11-14-34/h28-29,34-36,38-41,43-49,52-53,57,63,65H,8-27H2,1-7H3,(H,54,64)(H,55,66)(H,56,58)/t28-,29?,35?,36?,38-,39-,40-,41+,43?,44+,45+,46-,47+,48?,49?,52-,53+/m1/s1. The summed E-state index contributed by atoms with van der Waals surface area (Å²) in [6.45, 7) is 10.1. The average molecular weight is 1120 g/mol. The summed E-state index contributed by atoms with van der Waals surface area (Å²) in [5.74, 6) is -5.43. The molecular formula is C53H85N3O22. The van der Waals surface area contributed by atoms with Crippen molar-refractivity contribution in [3.63, 3.8) is 0 Å². The van der Waals surface area contributed by atoms with E-state index in [2.05, 4.69) is 16.0 Å². The molecule has 2 aliphatic carbocycles. The Morgan fingerprint density at radius 2 is 1.44 bits per heavy atom. The van der Waals surface area contributed by atoms with E-state index >= 15 is 0 Å². The minimum atomic E-state index is -1.77. The minimum Gasteiger partial charge on any atom is -0.463 e. The van der Waals surface area contributed by atoms with Crippen molar-refractivity contribution in [3.05, 3.63) is 0 Å². The first-order valence-electron chi connectivity index (χ1n) is 27.6. The van der Waals surface area contributed by atoms with Crippen molar-refractivity contribution in [3.8, 4) is 0 Å². The monoisotopic (exact) mass is 1120 g/mol. The Bertz CT molecular complexity index is 1970. The van der Waals surface area contributed by atoms with Gasteiger partial charge in [0.2, 0.25) is 11.8 Å². The lowest BCUT2D eigenvalue weighted by Crippen LogP contribution is -2.70. The summed E-state index contributed by atoms with van der Waals surface area (Å²) in [6, 6.07) is -1.10. The van der Waals surface area contributed by atoms with Crippen molar-refractivity contribution < 1.29 is 106 Å². The van der Waals surface area contributed by atoms with Crippen LogP contribution in [0.4, 0.5) is 0 Å². The fourth-order valence-corrected chi connectivity index (χ4v) is 10.8. The molecular weight excluding hydrogens is 1030 g/mol. The lowest BCUT2D eigenvalue weighted by Gasteiger charge is -2.51. The predicted octanol–water partition coefficient (Wildman–Crippen LogP) is 0.599. The van der Waals surface area contributed by atoms with Gasteiger partial charge in [-0.25, -0.2) is 4.79 Å². The number of fused-ring (bicyclic) bond motifs is 1. The third kappa shape index (κ3) is 19.4. The Labute approximate surface area is 455 Å². The zero-order chi connectivity index (χ0) is 57.1. The van der Waals surface area contributed by atoms with Crippen molar-refractivity contribution in [2.45, 2.75) is 211 Å². The fraction of sp³-hybridized carbons (Fsp3) is 0.849. The second-order valence-electron chi connectivity index (χ2n) is 21.0. The first kappa shape index (κ1) is 64.4. The minimum absolute atomic E-state index is 0.0410. The number of aliphatic hydroxyl groups excluding tert-OH is 3. The molecule has 6 unspecified atom stereocenters. The number of rotatable bonds is 29. The van der Waals surface area contributed by atoms with Crippen LogP contribution in [0.25, 0.3) is 0 Å². The number of carbonyl (C=O) groups is 8. The number of aliphatic hydroxyl groups is 3. The normalized spacial score (nSPS) is 32.0. The van der Waals surface area contributed by atoms with E-state index in [1.54, 1.807) is 13.8 Å². The number of Topliss-reactive ketones (excluding diaryl/α,β-unsaturated/α-hetero) is 1. The second kappa shape index (κ2) is 32.1. The van der Waals surface area contributed by atoms with Crippen LogP contribution < -0.4 is 16.0 Å². The van der Waals surface area contributed by atoms with Gasteiger partial charge in [0.25, 0.3) is 5.91 Å². The van der Waals surface area contributed by atoms with E-state index in [-0.39, 0.29) is 83.0 Å². The molecule has 3 saturated heterocycles. The molecule has 0 aromatic carbocycles. The van der Waals surface area contributed by atoms with Crippen molar-refractivity contribution in [1.29, 1.82) is 0 Å². The van der Waals surface area contributed by atoms with Crippen LogP contribution in [0.3, 0.4) is 0 Å². The highest BCUT2D eigenvalue weighted by Crippen LogP contribution is 2.42. The van der Waals surface area contributed by atoms with E-state index in [1.807, 2.05) is 6.92 Å². The number of hydrogen-bond acceptors (Lipinski definition) is 22. The average Bonchev–Trinajstić information content (AvgIpc) is 3.47. The van der Waals surface area contributed by atoms with Crippen LogP contribution in [0.5, 0.6) is 0 Å². The van der Waals surface area contributed by atoms with E-state index in [0.29, 0.717) is 25.7 Å². The van der Waals surface area contributed by atoms with Crippen LogP contribution in [-0.4, -0.2) is 201 Å². The largest absolute Gasteiger partial charge is 0.463 e. The fourth-order valence-electron chi connectivity index (χ4n) is 10.8. The first-order chi connectivity index (χ1) is 37.2. The number of amides is 3. The molecule has 0 bridgehead atoms. The van der Waals surface area contributed by atoms with Crippen molar-refractivity contribution in [1.82, 2.24) is 16.0 Å². The van der Waals surface area contributed by atoms with Crippen LogP contribution in [0.1, 0.15) is 126 Å². The van der Waals surface area contributed by atoms with Gasteiger partial charge in [0.05, 0.1) is 51.3 Å². The quantitative estimate of drug-likeness (QED) is 0.0339. The molecule has 5 fully saturated rings. The van der Waals surface area contributed by atoms with Gasteiger partial charge >= 0.3 is 23.9 Å². The molecule has 0 aromatic heterocycles. The van der Waals surface area contributed by atoms with Crippen LogP contribution >= 0.6 is 0 Å². The Morgan fingerprint density at radius 3 is 2.09 bits per heavy atom. The highest BCUT2D eigenvalue weighted by molar-refractivity contribution is 5.82. The van der Waals surface area contributed by atoms with E-state index < -0.39 is 146 Å². The lowest BCUT2D eigenvalue weighted by molar-refractivity contribution is -0.340. The van der Waals surface area contributed by atoms with E-state index in [0.717, 1.165) is 32.1 Å². The number of carbonyl (C=O) groups excluding carboxylic acids is 8. The van der Waals surface area contributed by atoms with Gasteiger partial charge in [-0.2, -0.15) is 0 Å². The second-order valence-corrected chi connectivity index (χ2v) is 21.0. The molecule has 2 saturated carbocycles. The molecule has 5 aliphatic rings. The summed E-state index contributed by atoms with van der Waals surface area (Å²) < 4.78 is 67.3. The Hall–Kier alpha value is -4.44. The molecule has 0 radical (unpaired) electrons. The van der Waals surface area contributed by atoms with E-state index in [9.17, 15) is 48.6 Å². The van der Waals surface area contributed by atoms with Crippen LogP contribution in [0.2, 0.25) is 0 Å². The maximum Gasteiger partial charge on any atom is 0.335 e. The molecule has 78 heavy (non-hydrogen) atoms. The molecule has 444 valence electrons. The van der Waals surface area contributed by atoms with Gasteiger partial charge in [-0.05, 0) is 44.4 Å². The van der Waals surface area contributed by atoms with Crippen LogP contribution in [0, 0.1) is 23.7 Å². The third-order valence-electron chi connectivity index (χ3n) is 15.0. The molecule has 17 atom stereocenters. The third-order valence-corrected chi connectivity index (χ3v) is 15.0. The molecule has 6 N–H and O–H groups in total. The summed E-state index contributed by atoms with van der Waals surface area (Å²) in [7, 11) is 0. The zero-order valence-electron chi connectivity index (χ0n) is 46.1. The zero-order valence-corrected chi connectivity index (χ0v) is 46.1. The van der Waals surface area contributed by atoms with Crippen molar-refractivity contribution >= 4 is 47.4 Å². The predicted molar refractivity (Wildman–Crippen MR) is 269 cm³/mol. The molecule has 3 aliphatic heterocycles. The van der Waals surface area contributed by atoms with Crippen LogP contribution in [0.15, 0.2) is 0 Å². The summed E-state index contributed by atoms with van der Waals surface area (Å²) in [5.41, 5.74) is 0. The van der Waals surface area contributed by atoms with Gasteiger partial charge in [0.1, 0.15) is 42.8 Å². The smallest absolute Gasteiger partial charge is 0.335 e. The summed E-state index contributed by atoms with van der Waals surface area (Å²) in [4.78, 5) is 103. The lowest BCUT2D eigenvalue weighted by atomic mass is 9.74. The topological polar surface area (TPSA) is 335 Å². The highest BCUT2D eigenvalue weighted by atomic mass is 16.7. The maximum atomic E-state index is 14.3. The molecule has 0 spiro atoms. The van der Waals surface area contributed by atoms with Gasteiger partial charge in [0, 0.05) is 65.5 Å². The summed E-state index contributed by atoms with van der Waals surface area (Å²) >= 11 is 0. The van der Waals surface area contributed by atoms with Gasteiger partial charge in [-0.3, -0.25) is 33.6 Å². The van der Waals surface area contributed by atoms with Gasteiger partial charge in [-0.15, -0.1) is 0 Å². The highest BCUT2D eigenvalue weighted by Gasteiger charge is 2.57. The Morgan fingerprint density at radius 1 is 0.744 bits per heavy atom. The van der Waals surface area contributed by atoms with Crippen molar-refractivity contribution in [2.24, 2.45) is 23.7 Å². The van der Waals surface area contributed by atoms with Crippen molar-refractivity contribution in [2.75, 3.05) is 52.7 Å². The Kier molecular flexibility index (Phi) is 26.5. The molecule has 25 nitrogen and oxygen atoms in total. The molecule has 0 aromatic rings. The molecule has 5 rings (SSSR count). The molecule has 3 amide bonds. The first-order valence-corrected chi connectivity index (χ1v) is 27.6. The van der Waals surface area contributed by atoms with E-state index in [1.165, 1.54) is 27.7 Å². The Balaban J connectivity index is 1.30. The SMILES string of the molecule is CCC1CC(C(=O)CCCNC(=O)CCOCCOCCNC(=O)[C@@H](O)[C@H](O)CO)C[C@@H](O[C@@H]2O[C@@H](COC(C)=O)[C@@H]3OC(=O)[C@@H](CC4CCCCC4)OC3C2NC(C)=O)[C@@H]1O[C@@H]1OC(C)[C@@H](C)[C@H](OC(C)=O)C1OC(C)=O. The number of esters is 4. The number of nitrogens with one attached hydrogen (secondary N) is 3. The van der Waals surface area contributed by atoms with Crippen LogP contribution in [-0.2, 0) is 90.5 Å². The number of hydrogen-bond donors (Lipinski definition) is 6. The maximum absolute atomic E-state index is 14.3. The van der Waals surface area contributed by atoms with Gasteiger partial charge < -0.3 is 83.4 Å². The van der Waals surface area contributed by atoms with Gasteiger partial charge in [-0.1, -0.05) is 52.4 Å². The molecule has 3 heterocycles. The number of ketones is 1. The summed E-state index contributed by atoms with van der Waals surface area (Å²) in [5, 5.41) is 35.9. The summed E-state index contributed by atoms with van der Waals surface area (Å²) in [6.07, 6.45) is -8.12. The van der Waals surface area contributed by atoms with Gasteiger partial charge in [0.15, 0.2) is 37.0 Å². The molecule has 25 heteroatoms.